The Morgan fingerprint density at radius 3 is 3.00 bits per heavy atom. The molecule has 1 amide bonds. The van der Waals surface area contributed by atoms with Crippen LogP contribution in [0.1, 0.15) is 23.2 Å². The summed E-state index contributed by atoms with van der Waals surface area (Å²) in [6.45, 7) is 1.74. The van der Waals surface area contributed by atoms with Crippen molar-refractivity contribution in [2.24, 2.45) is 0 Å². The summed E-state index contributed by atoms with van der Waals surface area (Å²) < 4.78 is 0. The molecule has 122 valence electrons. The van der Waals surface area contributed by atoms with E-state index in [9.17, 15) is 4.79 Å². The van der Waals surface area contributed by atoms with Crippen LogP contribution in [-0.4, -0.2) is 45.4 Å². The maximum absolute atomic E-state index is 12.5. The van der Waals surface area contributed by atoms with Crippen molar-refractivity contribution in [2.75, 3.05) is 18.0 Å². The first-order chi connectivity index (χ1) is 11.8. The number of fused-ring (bicyclic) bond motifs is 1. The minimum Gasteiger partial charge on any atom is -0.355 e. The van der Waals surface area contributed by atoms with E-state index < -0.39 is 0 Å². The number of carbonyl (C=O) groups excluding carboxylic acids is 1. The quantitative estimate of drug-likeness (QED) is 0.767. The van der Waals surface area contributed by atoms with Gasteiger partial charge in [-0.1, -0.05) is 6.07 Å². The van der Waals surface area contributed by atoms with Gasteiger partial charge < -0.3 is 10.2 Å². The first kappa shape index (κ1) is 14.6. The molecule has 4 rings (SSSR count). The molecule has 3 heterocycles. The normalized spacial score (nSPS) is 17.8. The lowest BCUT2D eigenvalue weighted by molar-refractivity contribution is 0.0933. The monoisotopic (exact) mass is 322 g/mol. The molecule has 1 saturated heterocycles. The molecule has 7 nitrogen and oxygen atoms in total. The van der Waals surface area contributed by atoms with Crippen molar-refractivity contribution in [3.05, 3.63) is 48.2 Å². The Labute approximate surface area is 139 Å². The molecule has 0 bridgehead atoms. The molecule has 1 aliphatic heterocycles. The lowest BCUT2D eigenvalue weighted by Crippen LogP contribution is -2.48. The van der Waals surface area contributed by atoms with Crippen LogP contribution in [0.25, 0.3) is 11.0 Å². The van der Waals surface area contributed by atoms with Crippen LogP contribution in [0.2, 0.25) is 0 Å². The Morgan fingerprint density at radius 1 is 1.21 bits per heavy atom. The van der Waals surface area contributed by atoms with Crippen molar-refractivity contribution in [2.45, 2.75) is 18.9 Å². The van der Waals surface area contributed by atoms with Gasteiger partial charge in [-0.15, -0.1) is 0 Å². The van der Waals surface area contributed by atoms with Gasteiger partial charge in [-0.2, -0.15) is 15.4 Å². The second-order valence-electron chi connectivity index (χ2n) is 5.97. The standard InChI is InChI=1S/C17H18N6O/c24-17(12-6-7-14-15(10-12)21-22-20-14)19-13-4-3-9-23(11-13)16-5-1-2-8-18-16/h1-2,5-8,10,13H,3-4,9,11H2,(H,19,24)(H,20,21,22)/t13-/m1/s1. The molecule has 1 fully saturated rings. The van der Waals surface area contributed by atoms with Gasteiger partial charge in [0.05, 0.1) is 0 Å². The van der Waals surface area contributed by atoms with Crippen LogP contribution in [-0.2, 0) is 0 Å². The molecule has 2 aromatic heterocycles. The van der Waals surface area contributed by atoms with Crippen molar-refractivity contribution in [3.63, 3.8) is 0 Å². The van der Waals surface area contributed by atoms with E-state index in [2.05, 4.69) is 30.6 Å². The van der Waals surface area contributed by atoms with Gasteiger partial charge in [-0.3, -0.25) is 4.79 Å². The molecule has 24 heavy (non-hydrogen) atoms. The van der Waals surface area contributed by atoms with Crippen molar-refractivity contribution in [3.8, 4) is 0 Å². The Hall–Kier alpha value is -2.96. The van der Waals surface area contributed by atoms with Gasteiger partial charge in [0.15, 0.2) is 0 Å². The van der Waals surface area contributed by atoms with E-state index in [0.717, 1.165) is 37.3 Å². The number of aromatic amines is 1. The van der Waals surface area contributed by atoms with Gasteiger partial charge in [0.25, 0.3) is 5.91 Å². The summed E-state index contributed by atoms with van der Waals surface area (Å²) in [4.78, 5) is 19.1. The highest BCUT2D eigenvalue weighted by molar-refractivity contribution is 5.97. The van der Waals surface area contributed by atoms with Gasteiger partial charge in [-0.05, 0) is 43.2 Å². The zero-order valence-corrected chi connectivity index (χ0v) is 13.1. The van der Waals surface area contributed by atoms with Crippen molar-refractivity contribution in [1.82, 2.24) is 25.7 Å². The number of hydrogen-bond acceptors (Lipinski definition) is 5. The van der Waals surface area contributed by atoms with Crippen LogP contribution in [0.3, 0.4) is 0 Å². The number of piperidine rings is 1. The first-order valence-corrected chi connectivity index (χ1v) is 8.07. The predicted octanol–water partition coefficient (Wildman–Crippen LogP) is 1.75. The Kier molecular flexibility index (Phi) is 3.82. The summed E-state index contributed by atoms with van der Waals surface area (Å²) in [6.07, 6.45) is 3.80. The van der Waals surface area contributed by atoms with E-state index in [1.807, 2.05) is 18.2 Å². The molecule has 2 N–H and O–H groups in total. The van der Waals surface area contributed by atoms with E-state index in [1.54, 1.807) is 24.4 Å². The SMILES string of the molecule is O=C(N[C@@H]1CCCN(c2ccccn2)C1)c1ccc2n[nH]nc2c1. The number of rotatable bonds is 3. The van der Waals surface area contributed by atoms with E-state index in [1.165, 1.54) is 0 Å². The van der Waals surface area contributed by atoms with Gasteiger partial charge in [0.1, 0.15) is 16.9 Å². The van der Waals surface area contributed by atoms with E-state index in [4.69, 9.17) is 0 Å². The van der Waals surface area contributed by atoms with Crippen molar-refractivity contribution < 1.29 is 4.79 Å². The molecular weight excluding hydrogens is 304 g/mol. The Bertz CT molecular complexity index is 846. The third-order valence-corrected chi connectivity index (χ3v) is 4.31. The number of nitrogens with zero attached hydrogens (tertiary/aromatic N) is 4. The number of H-pyrrole nitrogens is 1. The third-order valence-electron chi connectivity index (χ3n) is 4.31. The van der Waals surface area contributed by atoms with Crippen LogP contribution >= 0.6 is 0 Å². The van der Waals surface area contributed by atoms with E-state index in [-0.39, 0.29) is 11.9 Å². The number of carbonyl (C=O) groups is 1. The number of aromatic nitrogens is 4. The molecule has 3 aromatic rings. The molecule has 1 aromatic carbocycles. The van der Waals surface area contributed by atoms with Gasteiger partial charge in [0, 0.05) is 30.9 Å². The summed E-state index contributed by atoms with van der Waals surface area (Å²) in [5.74, 6) is 0.883. The first-order valence-electron chi connectivity index (χ1n) is 8.07. The number of pyridine rings is 1. The second kappa shape index (κ2) is 6.27. The summed E-state index contributed by atoms with van der Waals surface area (Å²) in [5, 5.41) is 13.7. The summed E-state index contributed by atoms with van der Waals surface area (Å²) in [6, 6.07) is 11.3. The molecule has 0 unspecified atom stereocenters. The summed E-state index contributed by atoms with van der Waals surface area (Å²) in [5.41, 5.74) is 2.05. The predicted molar refractivity (Wildman–Crippen MR) is 90.8 cm³/mol. The second-order valence-corrected chi connectivity index (χ2v) is 5.97. The largest absolute Gasteiger partial charge is 0.355 e. The molecule has 0 radical (unpaired) electrons. The molecule has 7 heteroatoms. The molecule has 1 atom stereocenters. The fourth-order valence-corrected chi connectivity index (χ4v) is 3.09. The Morgan fingerprint density at radius 2 is 2.12 bits per heavy atom. The minimum atomic E-state index is -0.0761. The van der Waals surface area contributed by atoms with Crippen LogP contribution < -0.4 is 10.2 Å². The van der Waals surface area contributed by atoms with Crippen LogP contribution in [0.5, 0.6) is 0 Å². The van der Waals surface area contributed by atoms with Crippen LogP contribution in [0.15, 0.2) is 42.6 Å². The topological polar surface area (TPSA) is 86.8 Å². The zero-order chi connectivity index (χ0) is 16.4. The van der Waals surface area contributed by atoms with Crippen molar-refractivity contribution >= 4 is 22.8 Å². The van der Waals surface area contributed by atoms with E-state index >= 15 is 0 Å². The summed E-state index contributed by atoms with van der Waals surface area (Å²) >= 11 is 0. The fourth-order valence-electron chi connectivity index (χ4n) is 3.09. The molecular formula is C17H18N6O. The minimum absolute atomic E-state index is 0.0761. The number of hydrogen-bond donors (Lipinski definition) is 2. The highest BCUT2D eigenvalue weighted by Crippen LogP contribution is 2.18. The number of anilines is 1. The van der Waals surface area contributed by atoms with E-state index in [0.29, 0.717) is 11.1 Å². The lowest BCUT2D eigenvalue weighted by atomic mass is 10.0. The molecule has 0 aliphatic carbocycles. The average Bonchev–Trinajstić information content (AvgIpc) is 3.10. The maximum atomic E-state index is 12.5. The fraction of sp³-hybridized carbons (Fsp3) is 0.294. The summed E-state index contributed by atoms with van der Waals surface area (Å²) in [7, 11) is 0. The van der Waals surface area contributed by atoms with Crippen LogP contribution in [0, 0.1) is 0 Å². The smallest absolute Gasteiger partial charge is 0.251 e. The molecule has 0 saturated carbocycles. The van der Waals surface area contributed by atoms with Gasteiger partial charge >= 0.3 is 0 Å². The third kappa shape index (κ3) is 2.92. The van der Waals surface area contributed by atoms with Crippen LogP contribution in [0.4, 0.5) is 5.82 Å². The number of benzene rings is 1. The zero-order valence-electron chi connectivity index (χ0n) is 13.1. The average molecular weight is 322 g/mol. The maximum Gasteiger partial charge on any atom is 0.251 e. The lowest BCUT2D eigenvalue weighted by Gasteiger charge is -2.34. The number of amides is 1. The van der Waals surface area contributed by atoms with Crippen molar-refractivity contribution in [1.29, 1.82) is 0 Å². The molecule has 0 spiro atoms. The molecule has 1 aliphatic rings. The highest BCUT2D eigenvalue weighted by atomic mass is 16.1. The Balaban J connectivity index is 1.45. The number of nitrogens with one attached hydrogen (secondary N) is 2. The highest BCUT2D eigenvalue weighted by Gasteiger charge is 2.22. The van der Waals surface area contributed by atoms with Gasteiger partial charge in [0.2, 0.25) is 0 Å². The van der Waals surface area contributed by atoms with Gasteiger partial charge in [-0.25, -0.2) is 4.98 Å².